The first kappa shape index (κ1) is 13.9. The molecule has 0 spiro atoms. The standard InChI is InChI=1S/C16H21N3O2/c1-16(2)9-4-3-8-12(16)17-11-7-5-6-10-13(11)15(21)19-18-14(10)20/h5-7,12,17H,3-4,8-9H2,1-2H3,(H,18,20)(H,19,21). The van der Waals surface area contributed by atoms with Gasteiger partial charge in [0.25, 0.3) is 11.1 Å². The minimum atomic E-state index is -0.267. The number of H-pyrrole nitrogens is 2. The Bertz CT molecular complexity index is 773. The van der Waals surface area contributed by atoms with Gasteiger partial charge in [-0.2, -0.15) is 0 Å². The van der Waals surface area contributed by atoms with Crippen LogP contribution in [0, 0.1) is 5.41 Å². The first-order valence-corrected chi connectivity index (χ1v) is 7.49. The van der Waals surface area contributed by atoms with Gasteiger partial charge in [0.2, 0.25) is 0 Å². The van der Waals surface area contributed by atoms with E-state index in [1.807, 2.05) is 12.1 Å². The van der Waals surface area contributed by atoms with Crippen molar-refractivity contribution in [2.45, 2.75) is 45.6 Å². The van der Waals surface area contributed by atoms with Crippen LogP contribution in [0.2, 0.25) is 0 Å². The molecule has 0 bridgehead atoms. The number of hydrogen-bond donors (Lipinski definition) is 3. The van der Waals surface area contributed by atoms with E-state index in [2.05, 4.69) is 29.4 Å². The van der Waals surface area contributed by atoms with Crippen molar-refractivity contribution in [3.63, 3.8) is 0 Å². The molecule has 112 valence electrons. The fourth-order valence-electron chi connectivity index (χ4n) is 3.30. The highest BCUT2D eigenvalue weighted by atomic mass is 16.1. The fraction of sp³-hybridized carbons (Fsp3) is 0.500. The van der Waals surface area contributed by atoms with E-state index in [0.29, 0.717) is 16.8 Å². The third-order valence-electron chi connectivity index (χ3n) is 4.66. The highest BCUT2D eigenvalue weighted by Crippen LogP contribution is 2.37. The highest BCUT2D eigenvalue weighted by molar-refractivity contribution is 5.92. The van der Waals surface area contributed by atoms with Crippen LogP contribution in [0.1, 0.15) is 39.5 Å². The summed E-state index contributed by atoms with van der Waals surface area (Å²) in [6, 6.07) is 5.69. The van der Waals surface area contributed by atoms with Crippen LogP contribution in [0.4, 0.5) is 5.69 Å². The van der Waals surface area contributed by atoms with E-state index in [1.54, 1.807) is 6.07 Å². The van der Waals surface area contributed by atoms with Crippen LogP contribution in [-0.4, -0.2) is 16.2 Å². The van der Waals surface area contributed by atoms with Crippen molar-refractivity contribution in [3.05, 3.63) is 38.9 Å². The smallest absolute Gasteiger partial charge is 0.272 e. The fourth-order valence-corrected chi connectivity index (χ4v) is 3.30. The third kappa shape index (κ3) is 2.48. The first-order chi connectivity index (χ1) is 9.99. The maximum absolute atomic E-state index is 12.1. The summed E-state index contributed by atoms with van der Waals surface area (Å²) in [5.74, 6) is 0. The molecule has 0 radical (unpaired) electrons. The van der Waals surface area contributed by atoms with E-state index in [1.165, 1.54) is 19.3 Å². The SMILES string of the molecule is CC1(C)CCCCC1Nc1cccc2c(=O)[nH][nH]c(=O)c12. The summed E-state index contributed by atoms with van der Waals surface area (Å²) in [6.07, 6.45) is 4.71. The van der Waals surface area contributed by atoms with Crippen LogP contribution >= 0.6 is 0 Å². The second-order valence-corrected chi connectivity index (χ2v) is 6.57. The number of hydrogen-bond acceptors (Lipinski definition) is 3. The van der Waals surface area contributed by atoms with Gasteiger partial charge in [-0.15, -0.1) is 0 Å². The summed E-state index contributed by atoms with van der Waals surface area (Å²) in [4.78, 5) is 23.9. The van der Waals surface area contributed by atoms with Gasteiger partial charge in [-0.3, -0.25) is 19.8 Å². The summed E-state index contributed by atoms with van der Waals surface area (Å²) in [5.41, 5.74) is 0.409. The van der Waals surface area contributed by atoms with Crippen molar-refractivity contribution in [1.29, 1.82) is 0 Å². The lowest BCUT2D eigenvalue weighted by molar-refractivity contribution is 0.217. The zero-order valence-corrected chi connectivity index (χ0v) is 12.5. The van der Waals surface area contributed by atoms with Gasteiger partial charge in [0, 0.05) is 11.7 Å². The Labute approximate surface area is 122 Å². The van der Waals surface area contributed by atoms with Crippen molar-refractivity contribution >= 4 is 16.5 Å². The molecular formula is C16H21N3O2. The van der Waals surface area contributed by atoms with E-state index in [0.717, 1.165) is 12.1 Å². The molecule has 1 aliphatic rings. The predicted octanol–water partition coefficient (Wildman–Crippen LogP) is 2.60. The molecule has 2 aromatic rings. The molecule has 1 atom stereocenters. The van der Waals surface area contributed by atoms with Gasteiger partial charge in [0.15, 0.2) is 0 Å². The minimum Gasteiger partial charge on any atom is -0.381 e. The number of fused-ring (bicyclic) bond motifs is 1. The van der Waals surface area contributed by atoms with E-state index in [-0.39, 0.29) is 16.5 Å². The van der Waals surface area contributed by atoms with Gasteiger partial charge in [0.05, 0.1) is 10.8 Å². The van der Waals surface area contributed by atoms with E-state index in [4.69, 9.17) is 0 Å². The van der Waals surface area contributed by atoms with Crippen LogP contribution in [0.25, 0.3) is 10.8 Å². The van der Waals surface area contributed by atoms with Crippen molar-refractivity contribution in [3.8, 4) is 0 Å². The highest BCUT2D eigenvalue weighted by Gasteiger charge is 2.32. The van der Waals surface area contributed by atoms with Crippen LogP contribution in [-0.2, 0) is 0 Å². The van der Waals surface area contributed by atoms with Gasteiger partial charge in [-0.1, -0.05) is 32.8 Å². The lowest BCUT2D eigenvalue weighted by atomic mass is 9.73. The normalized spacial score (nSPS) is 21.3. The summed E-state index contributed by atoms with van der Waals surface area (Å²) in [5, 5.41) is 9.16. The molecule has 3 N–H and O–H groups in total. The molecule has 0 aliphatic heterocycles. The molecule has 0 saturated heterocycles. The van der Waals surface area contributed by atoms with Gasteiger partial charge < -0.3 is 5.32 Å². The largest absolute Gasteiger partial charge is 0.381 e. The number of aromatic amines is 2. The molecule has 21 heavy (non-hydrogen) atoms. The van der Waals surface area contributed by atoms with Gasteiger partial charge in [0.1, 0.15) is 0 Å². The molecule has 1 aromatic carbocycles. The summed E-state index contributed by atoms with van der Waals surface area (Å²) < 4.78 is 0. The van der Waals surface area contributed by atoms with Gasteiger partial charge in [-0.25, -0.2) is 0 Å². The van der Waals surface area contributed by atoms with Gasteiger partial charge in [-0.05, 0) is 30.4 Å². The quantitative estimate of drug-likeness (QED) is 0.794. The molecule has 1 aliphatic carbocycles. The van der Waals surface area contributed by atoms with E-state index < -0.39 is 0 Å². The predicted molar refractivity (Wildman–Crippen MR) is 84.8 cm³/mol. The van der Waals surface area contributed by atoms with E-state index in [9.17, 15) is 9.59 Å². The topological polar surface area (TPSA) is 77.8 Å². The Morgan fingerprint density at radius 1 is 1.14 bits per heavy atom. The average molecular weight is 287 g/mol. The molecule has 5 heteroatoms. The lowest BCUT2D eigenvalue weighted by Crippen LogP contribution is -2.39. The Balaban J connectivity index is 2.07. The molecule has 3 rings (SSSR count). The minimum absolute atomic E-state index is 0.189. The zero-order chi connectivity index (χ0) is 15.0. The maximum atomic E-state index is 12.1. The molecule has 1 saturated carbocycles. The number of anilines is 1. The van der Waals surface area contributed by atoms with Crippen molar-refractivity contribution in [2.24, 2.45) is 5.41 Å². The monoisotopic (exact) mass is 287 g/mol. The second kappa shape index (κ2) is 5.06. The van der Waals surface area contributed by atoms with Crippen LogP contribution in [0.15, 0.2) is 27.8 Å². The van der Waals surface area contributed by atoms with Crippen molar-refractivity contribution in [2.75, 3.05) is 5.32 Å². The average Bonchev–Trinajstić information content (AvgIpc) is 2.45. The molecule has 5 nitrogen and oxygen atoms in total. The Hall–Kier alpha value is -2.04. The van der Waals surface area contributed by atoms with Crippen molar-refractivity contribution < 1.29 is 0 Å². The van der Waals surface area contributed by atoms with E-state index >= 15 is 0 Å². The molecule has 1 unspecified atom stereocenters. The number of nitrogens with one attached hydrogen (secondary N) is 3. The number of benzene rings is 1. The second-order valence-electron chi connectivity index (χ2n) is 6.57. The molecule has 1 heterocycles. The van der Waals surface area contributed by atoms with Crippen LogP contribution < -0.4 is 16.4 Å². The van der Waals surface area contributed by atoms with Crippen LogP contribution in [0.5, 0.6) is 0 Å². The summed E-state index contributed by atoms with van der Waals surface area (Å²) in [6.45, 7) is 4.51. The van der Waals surface area contributed by atoms with Gasteiger partial charge >= 0.3 is 0 Å². The number of aromatic nitrogens is 2. The first-order valence-electron chi connectivity index (χ1n) is 7.49. The lowest BCUT2D eigenvalue weighted by Gasteiger charge is -2.39. The maximum Gasteiger partial charge on any atom is 0.272 e. The molecular weight excluding hydrogens is 266 g/mol. The Morgan fingerprint density at radius 3 is 2.67 bits per heavy atom. The summed E-state index contributed by atoms with van der Waals surface area (Å²) in [7, 11) is 0. The third-order valence-corrected chi connectivity index (χ3v) is 4.66. The molecule has 1 fully saturated rings. The number of rotatable bonds is 2. The molecule has 1 aromatic heterocycles. The Kier molecular flexibility index (Phi) is 3.35. The zero-order valence-electron chi connectivity index (χ0n) is 12.5. The van der Waals surface area contributed by atoms with Crippen LogP contribution in [0.3, 0.4) is 0 Å². The summed E-state index contributed by atoms with van der Waals surface area (Å²) >= 11 is 0. The molecule has 0 amide bonds. The van der Waals surface area contributed by atoms with Crippen molar-refractivity contribution in [1.82, 2.24) is 10.2 Å². The Morgan fingerprint density at radius 2 is 1.90 bits per heavy atom.